The number of quaternary nitrogens is 1. The van der Waals surface area contributed by atoms with Crippen molar-refractivity contribution in [3.63, 3.8) is 0 Å². The second kappa shape index (κ2) is 46.5. The number of hydrogen-bond donors (Lipinski definition) is 0. The van der Waals surface area contributed by atoms with Crippen molar-refractivity contribution >= 4 is 13.8 Å². The van der Waals surface area contributed by atoms with Crippen LogP contribution < -0.4 is 4.89 Å². The van der Waals surface area contributed by atoms with Gasteiger partial charge in [-0.15, -0.1) is 0 Å². The quantitative estimate of drug-likeness (QED) is 0.0197. The third kappa shape index (κ3) is 50.8. The summed E-state index contributed by atoms with van der Waals surface area (Å²) in [5, 5.41) is 0. The van der Waals surface area contributed by atoms with E-state index in [0.717, 1.165) is 38.5 Å². The van der Waals surface area contributed by atoms with Gasteiger partial charge in [-0.25, -0.2) is 0 Å². The number of phosphoric ester groups is 1. The number of esters is 1. The van der Waals surface area contributed by atoms with Crippen LogP contribution in [0.25, 0.3) is 0 Å². The molecule has 2 atom stereocenters. The van der Waals surface area contributed by atoms with E-state index in [9.17, 15) is 14.3 Å². The zero-order valence-electron chi connectivity index (χ0n) is 41.5. The van der Waals surface area contributed by atoms with Gasteiger partial charge in [-0.05, 0) is 64.2 Å². The Morgan fingerprint density at radius 1 is 0.508 bits per heavy atom. The highest BCUT2D eigenvalue weighted by Gasteiger charge is 2.20. The van der Waals surface area contributed by atoms with Gasteiger partial charge in [0.1, 0.15) is 19.3 Å². The van der Waals surface area contributed by atoms with Crippen LogP contribution in [-0.4, -0.2) is 70.7 Å². The topological polar surface area (TPSA) is 94.1 Å². The van der Waals surface area contributed by atoms with Crippen LogP contribution >= 0.6 is 7.82 Å². The summed E-state index contributed by atoms with van der Waals surface area (Å²) in [6, 6.07) is 0. The number of hydrogen-bond acceptors (Lipinski definition) is 7. The van der Waals surface area contributed by atoms with E-state index in [-0.39, 0.29) is 26.2 Å². The molecule has 9 heteroatoms. The van der Waals surface area contributed by atoms with Gasteiger partial charge < -0.3 is 27.9 Å². The lowest BCUT2D eigenvalue weighted by Gasteiger charge is -2.28. The molecule has 0 radical (unpaired) electrons. The molecular formula is C54H98NO7P. The van der Waals surface area contributed by atoms with E-state index in [1.807, 2.05) is 27.2 Å². The minimum Gasteiger partial charge on any atom is -0.756 e. The number of phosphoric acid groups is 1. The molecule has 0 rings (SSSR count). The molecule has 0 heterocycles. The zero-order chi connectivity index (χ0) is 46.2. The summed E-state index contributed by atoms with van der Waals surface area (Å²) in [5.41, 5.74) is 0. The molecule has 0 aliphatic carbocycles. The standard InChI is InChI=1S/C54H98NO7P/c1-6-8-10-12-14-16-18-20-22-23-24-25-26-27-28-29-30-31-32-34-36-38-40-42-44-46-49-59-51-53(52-61-63(57,58)60-50-48-55(3,4)5)62-54(56)47-45-43-41-39-37-35-33-21-19-17-15-13-11-9-7-2/h9,11,15,17,21,23-24,33,37,39,43,45,53H,6-8,10,12-14,16,18-20,22,25-32,34-36,38,40-42,44,46-52H2,1-5H3/b11-9-,17-15-,24-23-,33-21-,39-37-,45-43-. The molecule has 0 aliphatic rings. The Labute approximate surface area is 389 Å². The fourth-order valence-corrected chi connectivity index (χ4v) is 7.58. The number of unbranched alkanes of at least 4 members (excludes halogenated alkanes) is 22. The van der Waals surface area contributed by atoms with Crippen LogP contribution in [0.15, 0.2) is 72.9 Å². The first-order valence-corrected chi connectivity index (χ1v) is 27.1. The summed E-state index contributed by atoms with van der Waals surface area (Å²) < 4.78 is 34.6. The smallest absolute Gasteiger partial charge is 0.310 e. The van der Waals surface area contributed by atoms with Crippen molar-refractivity contribution in [1.82, 2.24) is 0 Å². The van der Waals surface area contributed by atoms with Crippen LogP contribution in [0.4, 0.5) is 0 Å². The molecule has 0 amide bonds. The molecule has 0 aromatic carbocycles. The van der Waals surface area contributed by atoms with Gasteiger partial charge in [-0.1, -0.05) is 209 Å². The number of nitrogens with zero attached hydrogens (tertiary/aromatic N) is 1. The molecule has 63 heavy (non-hydrogen) atoms. The maximum Gasteiger partial charge on any atom is 0.310 e. The average Bonchev–Trinajstić information content (AvgIpc) is 3.24. The van der Waals surface area contributed by atoms with E-state index in [1.54, 1.807) is 6.08 Å². The van der Waals surface area contributed by atoms with Gasteiger partial charge in [0, 0.05) is 6.61 Å². The van der Waals surface area contributed by atoms with E-state index >= 15 is 0 Å². The molecule has 0 aliphatic heterocycles. The number of rotatable bonds is 47. The second-order valence-corrected chi connectivity index (χ2v) is 19.6. The van der Waals surface area contributed by atoms with E-state index in [1.165, 1.54) is 141 Å². The molecule has 0 N–H and O–H groups in total. The van der Waals surface area contributed by atoms with Crippen molar-refractivity contribution in [3.05, 3.63) is 72.9 Å². The van der Waals surface area contributed by atoms with Crippen molar-refractivity contribution < 1.29 is 37.3 Å². The zero-order valence-corrected chi connectivity index (χ0v) is 42.4. The van der Waals surface area contributed by atoms with Crippen LogP contribution in [0.1, 0.15) is 206 Å². The monoisotopic (exact) mass is 904 g/mol. The Morgan fingerprint density at radius 2 is 0.921 bits per heavy atom. The van der Waals surface area contributed by atoms with E-state index in [2.05, 4.69) is 74.6 Å². The molecule has 0 aromatic heterocycles. The lowest BCUT2D eigenvalue weighted by molar-refractivity contribution is -0.870. The van der Waals surface area contributed by atoms with Crippen LogP contribution in [0, 0.1) is 0 Å². The van der Waals surface area contributed by atoms with Gasteiger partial charge in [0.2, 0.25) is 0 Å². The normalized spacial score (nSPS) is 14.2. The SMILES string of the molecule is CC/C=C\C/C=C\C/C=C\C/C=C\C/C=C\CC(=O)OC(COCCCCCCCCCCCCCCCC/C=C\CCCCCCCCCC)COP(=O)([O-])OCC[N+](C)(C)C. The minimum absolute atomic E-state index is 0.00730. The van der Waals surface area contributed by atoms with Crippen molar-refractivity contribution in [1.29, 1.82) is 0 Å². The van der Waals surface area contributed by atoms with Gasteiger partial charge >= 0.3 is 5.97 Å². The Kier molecular flexibility index (Phi) is 44.9. The second-order valence-electron chi connectivity index (χ2n) is 18.2. The average molecular weight is 904 g/mol. The summed E-state index contributed by atoms with van der Waals surface area (Å²) >= 11 is 0. The fourth-order valence-electron chi connectivity index (χ4n) is 6.85. The predicted molar refractivity (Wildman–Crippen MR) is 268 cm³/mol. The highest BCUT2D eigenvalue weighted by atomic mass is 31.2. The molecular weight excluding hydrogens is 806 g/mol. The lowest BCUT2D eigenvalue weighted by atomic mass is 10.0. The Balaban J connectivity index is 4.14. The number of carbonyl (C=O) groups is 1. The van der Waals surface area contributed by atoms with Gasteiger partial charge in [0.25, 0.3) is 7.82 Å². The Hall–Kier alpha value is -2.06. The highest BCUT2D eigenvalue weighted by Crippen LogP contribution is 2.38. The largest absolute Gasteiger partial charge is 0.756 e. The Morgan fingerprint density at radius 3 is 1.37 bits per heavy atom. The number of likely N-dealkylation sites (N-methyl/N-ethyl adjacent to an activating group) is 1. The maximum atomic E-state index is 12.6. The number of carbonyl (C=O) groups excluding carboxylic acids is 1. The van der Waals surface area contributed by atoms with Gasteiger partial charge in [0.15, 0.2) is 0 Å². The molecule has 0 fully saturated rings. The van der Waals surface area contributed by atoms with Gasteiger partial charge in [0.05, 0.1) is 40.8 Å². The summed E-state index contributed by atoms with van der Waals surface area (Å²) in [6.45, 7) is 5.17. The molecule has 0 saturated carbocycles. The first kappa shape index (κ1) is 60.9. The summed E-state index contributed by atoms with van der Waals surface area (Å²) in [7, 11) is 1.30. The Bertz CT molecular complexity index is 1230. The summed E-state index contributed by atoms with van der Waals surface area (Å²) in [6.07, 6.45) is 61.2. The van der Waals surface area contributed by atoms with Crippen LogP contribution in [0.5, 0.6) is 0 Å². The predicted octanol–water partition coefficient (Wildman–Crippen LogP) is 15.2. The maximum absolute atomic E-state index is 12.6. The third-order valence-corrected chi connectivity index (χ3v) is 11.7. The van der Waals surface area contributed by atoms with Crippen LogP contribution in [0.3, 0.4) is 0 Å². The van der Waals surface area contributed by atoms with Crippen molar-refractivity contribution in [2.75, 3.05) is 54.1 Å². The van der Waals surface area contributed by atoms with Crippen LogP contribution in [0.2, 0.25) is 0 Å². The van der Waals surface area contributed by atoms with Crippen molar-refractivity contribution in [2.45, 2.75) is 213 Å². The van der Waals surface area contributed by atoms with Crippen molar-refractivity contribution in [2.24, 2.45) is 0 Å². The molecule has 0 saturated heterocycles. The fraction of sp³-hybridized carbons (Fsp3) is 0.759. The number of ether oxygens (including phenoxy) is 2. The highest BCUT2D eigenvalue weighted by molar-refractivity contribution is 7.45. The first-order chi connectivity index (χ1) is 30.6. The molecule has 2 unspecified atom stereocenters. The summed E-state index contributed by atoms with van der Waals surface area (Å²) in [4.78, 5) is 25.1. The first-order valence-electron chi connectivity index (χ1n) is 25.7. The molecule has 366 valence electrons. The molecule has 0 aromatic rings. The molecule has 0 bridgehead atoms. The van der Waals surface area contributed by atoms with Crippen LogP contribution in [-0.2, 0) is 27.9 Å². The van der Waals surface area contributed by atoms with E-state index in [0.29, 0.717) is 24.1 Å². The van der Waals surface area contributed by atoms with E-state index < -0.39 is 19.9 Å². The molecule has 8 nitrogen and oxygen atoms in total. The van der Waals surface area contributed by atoms with Crippen molar-refractivity contribution in [3.8, 4) is 0 Å². The third-order valence-electron chi connectivity index (χ3n) is 10.8. The minimum atomic E-state index is -4.56. The summed E-state index contributed by atoms with van der Waals surface area (Å²) in [5.74, 6) is -0.460. The van der Waals surface area contributed by atoms with E-state index in [4.69, 9.17) is 18.5 Å². The van der Waals surface area contributed by atoms with Gasteiger partial charge in [-0.3, -0.25) is 9.36 Å². The molecule has 0 spiro atoms. The lowest BCUT2D eigenvalue weighted by Crippen LogP contribution is -2.37. The number of allylic oxidation sites excluding steroid dienone is 11. The van der Waals surface area contributed by atoms with Gasteiger partial charge in [-0.2, -0.15) is 0 Å².